The molecule has 0 radical (unpaired) electrons. The summed E-state index contributed by atoms with van der Waals surface area (Å²) in [6, 6.07) is 13.9. The summed E-state index contributed by atoms with van der Waals surface area (Å²) in [4.78, 5) is 35.9. The van der Waals surface area contributed by atoms with E-state index in [0.717, 1.165) is 21.8 Å². The molecule has 0 bridgehead atoms. The second kappa shape index (κ2) is 11.2. The first-order chi connectivity index (χ1) is 14.9. The molecule has 9 heteroatoms. The van der Waals surface area contributed by atoms with Crippen LogP contribution in [0, 0.1) is 0 Å². The molecule has 6 nitrogen and oxygen atoms in total. The van der Waals surface area contributed by atoms with Crippen molar-refractivity contribution in [2.75, 3.05) is 17.7 Å². The fourth-order valence-corrected chi connectivity index (χ4v) is 3.84. The van der Waals surface area contributed by atoms with Crippen molar-refractivity contribution in [3.05, 3.63) is 70.2 Å². The van der Waals surface area contributed by atoms with Crippen molar-refractivity contribution < 1.29 is 19.1 Å². The number of ether oxygens (including phenoxy) is 1. The summed E-state index contributed by atoms with van der Waals surface area (Å²) in [5.41, 5.74) is 2.03. The molecule has 1 amide bonds. The number of ketones is 1. The number of rotatable bonds is 7. The molecule has 1 aliphatic rings. The number of amides is 1. The molecule has 2 aromatic rings. The molecule has 0 spiro atoms. The quantitative estimate of drug-likeness (QED) is 0.246. The predicted octanol–water partition coefficient (Wildman–Crippen LogP) is 4.21. The van der Waals surface area contributed by atoms with Crippen LogP contribution in [0.3, 0.4) is 0 Å². The van der Waals surface area contributed by atoms with Gasteiger partial charge in [0.25, 0.3) is 0 Å². The Morgan fingerprint density at radius 3 is 2.52 bits per heavy atom. The third-order valence-corrected chi connectivity index (χ3v) is 6.10. The van der Waals surface area contributed by atoms with Crippen molar-refractivity contribution in [2.24, 2.45) is 0 Å². The summed E-state index contributed by atoms with van der Waals surface area (Å²) in [6.07, 6.45) is 3.83. The van der Waals surface area contributed by atoms with Crippen LogP contribution in [0.15, 0.2) is 59.1 Å². The highest BCUT2D eigenvalue weighted by atomic mass is 79.9. The molecule has 0 aromatic heterocycles. The number of thioether (sulfide) groups is 1. The number of thiocarbonyl (C=S) groups is 1. The van der Waals surface area contributed by atoms with E-state index in [1.54, 1.807) is 30.3 Å². The van der Waals surface area contributed by atoms with E-state index in [2.05, 4.69) is 26.6 Å². The molecule has 1 saturated heterocycles. The first-order valence-corrected chi connectivity index (χ1v) is 11.6. The summed E-state index contributed by atoms with van der Waals surface area (Å²) in [7, 11) is 0. The van der Waals surface area contributed by atoms with E-state index in [1.165, 1.54) is 6.08 Å². The molecule has 0 unspecified atom stereocenters. The molecule has 160 valence electrons. The molecule has 0 saturated carbocycles. The highest BCUT2D eigenvalue weighted by Crippen LogP contribution is 2.15. The number of esters is 1. The maximum absolute atomic E-state index is 12.3. The lowest BCUT2D eigenvalue weighted by Gasteiger charge is -2.11. The average Bonchev–Trinajstić information content (AvgIpc) is 3.16. The van der Waals surface area contributed by atoms with Crippen molar-refractivity contribution in [1.82, 2.24) is 5.32 Å². The standard InChI is InChI=1S/C22H19BrN2O4S2/c23-16-6-1-14(2-7-16)3-10-19(26)15-4-8-17(9-5-15)24-20(27)13-31-22(30)25-18-11-12-29-21(18)28/h1-10,18H,11-13H2,(H,24,27)(H,25,30)/b10-3+/t18-/m0/s1. The minimum Gasteiger partial charge on any atom is -0.464 e. The zero-order valence-corrected chi connectivity index (χ0v) is 19.5. The zero-order chi connectivity index (χ0) is 22.2. The third kappa shape index (κ3) is 7.30. The molecular weight excluding hydrogens is 500 g/mol. The monoisotopic (exact) mass is 518 g/mol. The van der Waals surface area contributed by atoms with E-state index in [0.29, 0.717) is 28.6 Å². The number of halogens is 1. The Balaban J connectivity index is 1.45. The van der Waals surface area contributed by atoms with Crippen LogP contribution in [-0.4, -0.2) is 40.4 Å². The Morgan fingerprint density at radius 2 is 1.87 bits per heavy atom. The molecule has 1 heterocycles. The second-order valence-corrected chi connectivity index (χ2v) is 9.17. The van der Waals surface area contributed by atoms with Gasteiger partial charge >= 0.3 is 5.97 Å². The Labute approximate surface area is 197 Å². The fraction of sp³-hybridized carbons (Fsp3) is 0.182. The largest absolute Gasteiger partial charge is 0.464 e. The molecule has 2 N–H and O–H groups in total. The molecule has 0 aliphatic carbocycles. The van der Waals surface area contributed by atoms with E-state index in [4.69, 9.17) is 17.0 Å². The van der Waals surface area contributed by atoms with Gasteiger partial charge in [0.05, 0.1) is 12.4 Å². The van der Waals surface area contributed by atoms with Gasteiger partial charge in [-0.3, -0.25) is 9.59 Å². The normalized spacial score (nSPS) is 15.5. The smallest absolute Gasteiger partial charge is 0.328 e. The first kappa shape index (κ1) is 23.2. The molecule has 1 aliphatic heterocycles. The molecule has 3 rings (SSSR count). The van der Waals surface area contributed by atoms with Crippen molar-refractivity contribution in [2.45, 2.75) is 12.5 Å². The summed E-state index contributed by atoms with van der Waals surface area (Å²) < 4.78 is 6.21. The highest BCUT2D eigenvalue weighted by molar-refractivity contribution is 9.10. The maximum Gasteiger partial charge on any atom is 0.328 e. The summed E-state index contributed by atoms with van der Waals surface area (Å²) in [5, 5.41) is 5.64. The van der Waals surface area contributed by atoms with Crippen LogP contribution in [0.25, 0.3) is 6.08 Å². The number of cyclic esters (lactones) is 1. The van der Waals surface area contributed by atoms with Gasteiger partial charge in [0.2, 0.25) is 5.91 Å². The number of carbonyl (C=O) groups is 3. The van der Waals surface area contributed by atoms with Crippen LogP contribution < -0.4 is 10.6 Å². The summed E-state index contributed by atoms with van der Waals surface area (Å²) in [6.45, 7) is 0.378. The van der Waals surface area contributed by atoms with Gasteiger partial charge < -0.3 is 15.4 Å². The number of carbonyl (C=O) groups excluding carboxylic acids is 3. The lowest BCUT2D eigenvalue weighted by atomic mass is 10.1. The van der Waals surface area contributed by atoms with Gasteiger partial charge in [-0.25, -0.2) is 4.79 Å². The number of hydrogen-bond donors (Lipinski definition) is 2. The topological polar surface area (TPSA) is 84.5 Å². The van der Waals surface area contributed by atoms with Gasteiger partial charge in [0.1, 0.15) is 10.4 Å². The second-order valence-electron chi connectivity index (χ2n) is 6.60. The van der Waals surface area contributed by atoms with Crippen LogP contribution >= 0.6 is 39.9 Å². The highest BCUT2D eigenvalue weighted by Gasteiger charge is 2.27. The third-order valence-electron chi connectivity index (χ3n) is 4.31. The van der Waals surface area contributed by atoms with Crippen LogP contribution in [-0.2, 0) is 14.3 Å². The van der Waals surface area contributed by atoms with Gasteiger partial charge in [-0.05, 0) is 48.0 Å². The fourth-order valence-electron chi connectivity index (χ4n) is 2.70. The predicted molar refractivity (Wildman–Crippen MR) is 130 cm³/mol. The molecule has 31 heavy (non-hydrogen) atoms. The van der Waals surface area contributed by atoms with Gasteiger partial charge in [-0.1, -0.05) is 58.1 Å². The maximum atomic E-state index is 12.3. The Kier molecular flexibility index (Phi) is 8.39. The van der Waals surface area contributed by atoms with Crippen molar-refractivity contribution >= 4 is 73.7 Å². The van der Waals surface area contributed by atoms with Gasteiger partial charge in [-0.15, -0.1) is 0 Å². The van der Waals surface area contributed by atoms with Crippen LogP contribution in [0.4, 0.5) is 5.69 Å². The van der Waals surface area contributed by atoms with E-state index < -0.39 is 6.04 Å². The van der Waals surface area contributed by atoms with Gasteiger partial charge in [-0.2, -0.15) is 0 Å². The van der Waals surface area contributed by atoms with Crippen molar-refractivity contribution in [3.8, 4) is 0 Å². The first-order valence-electron chi connectivity index (χ1n) is 9.38. The van der Waals surface area contributed by atoms with E-state index in [9.17, 15) is 14.4 Å². The van der Waals surface area contributed by atoms with Crippen molar-refractivity contribution in [1.29, 1.82) is 0 Å². The Morgan fingerprint density at radius 1 is 1.16 bits per heavy atom. The van der Waals surface area contributed by atoms with E-state index >= 15 is 0 Å². The van der Waals surface area contributed by atoms with Crippen LogP contribution in [0.1, 0.15) is 22.3 Å². The number of benzene rings is 2. The molecular formula is C22H19BrN2O4S2. The van der Waals surface area contributed by atoms with Crippen LogP contribution in [0.2, 0.25) is 0 Å². The molecule has 2 aromatic carbocycles. The summed E-state index contributed by atoms with van der Waals surface area (Å²) >= 11 is 9.67. The van der Waals surface area contributed by atoms with E-state index in [1.807, 2.05) is 24.3 Å². The minimum atomic E-state index is -0.439. The number of hydrogen-bond acceptors (Lipinski definition) is 6. The molecule has 1 atom stereocenters. The number of nitrogens with one attached hydrogen (secondary N) is 2. The minimum absolute atomic E-state index is 0.101. The summed E-state index contributed by atoms with van der Waals surface area (Å²) in [5.74, 6) is -0.589. The van der Waals surface area contributed by atoms with Crippen molar-refractivity contribution in [3.63, 3.8) is 0 Å². The lowest BCUT2D eigenvalue weighted by molar-refractivity contribution is -0.139. The van der Waals surface area contributed by atoms with Gasteiger partial charge in [0.15, 0.2) is 5.78 Å². The number of anilines is 1. The zero-order valence-electron chi connectivity index (χ0n) is 16.3. The van der Waals surface area contributed by atoms with Crippen LogP contribution in [0.5, 0.6) is 0 Å². The Bertz CT molecular complexity index is 1010. The SMILES string of the molecule is O=C(CSC(=S)N[C@H]1CCOC1=O)Nc1ccc(C(=O)/C=C/c2ccc(Br)cc2)cc1. The lowest BCUT2D eigenvalue weighted by Crippen LogP contribution is -2.36. The Hall–Kier alpha value is -2.49. The average molecular weight is 519 g/mol. The van der Waals surface area contributed by atoms with Gasteiger partial charge in [0, 0.05) is 22.1 Å². The molecule has 1 fully saturated rings. The number of allylic oxidation sites excluding steroid dienone is 1. The van der Waals surface area contributed by atoms with E-state index in [-0.39, 0.29) is 23.4 Å².